The highest BCUT2D eigenvalue weighted by Gasteiger charge is 2.20. The fraction of sp³-hybridized carbons (Fsp3) is 0. The Bertz CT molecular complexity index is 2840. The van der Waals surface area contributed by atoms with Crippen LogP contribution in [0.25, 0.3) is 75.8 Å². The highest BCUT2D eigenvalue weighted by atomic mass is 32.1. The Morgan fingerprint density at radius 3 is 1.84 bits per heavy atom. The molecule has 0 amide bonds. The van der Waals surface area contributed by atoms with Crippen molar-refractivity contribution in [3.8, 4) is 33.7 Å². The van der Waals surface area contributed by atoms with Crippen LogP contribution in [0.2, 0.25) is 0 Å². The van der Waals surface area contributed by atoms with Gasteiger partial charge in [-0.05, 0) is 94.2 Å². The molecular formula is C47H30N2OS. The number of para-hydroxylation sites is 1. The second kappa shape index (κ2) is 12.1. The van der Waals surface area contributed by atoms with Gasteiger partial charge in [0.2, 0.25) is 5.89 Å². The van der Waals surface area contributed by atoms with E-state index in [1.54, 1.807) is 0 Å². The number of nitrogens with zero attached hydrogens (tertiary/aromatic N) is 2. The first kappa shape index (κ1) is 29.4. The van der Waals surface area contributed by atoms with Crippen molar-refractivity contribution >= 4 is 70.4 Å². The summed E-state index contributed by atoms with van der Waals surface area (Å²) in [5.41, 5.74) is 10.7. The van der Waals surface area contributed by atoms with Crippen molar-refractivity contribution < 1.29 is 4.42 Å². The first-order chi connectivity index (χ1) is 25.3. The van der Waals surface area contributed by atoms with Crippen molar-refractivity contribution in [2.75, 3.05) is 4.90 Å². The van der Waals surface area contributed by atoms with E-state index in [-0.39, 0.29) is 0 Å². The van der Waals surface area contributed by atoms with Gasteiger partial charge in [0, 0.05) is 48.4 Å². The van der Waals surface area contributed by atoms with E-state index in [1.807, 2.05) is 41.7 Å². The number of fused-ring (bicyclic) bond motifs is 6. The van der Waals surface area contributed by atoms with Gasteiger partial charge in [0.15, 0.2) is 5.58 Å². The van der Waals surface area contributed by atoms with E-state index in [0.717, 1.165) is 50.2 Å². The summed E-state index contributed by atoms with van der Waals surface area (Å²) in [5.74, 6) is 0.639. The van der Waals surface area contributed by atoms with Crippen LogP contribution in [0.15, 0.2) is 186 Å². The van der Waals surface area contributed by atoms with Crippen LogP contribution in [0, 0.1) is 0 Å². The largest absolute Gasteiger partial charge is 0.435 e. The summed E-state index contributed by atoms with van der Waals surface area (Å²) >= 11 is 1.81. The topological polar surface area (TPSA) is 29.3 Å². The van der Waals surface area contributed by atoms with Gasteiger partial charge in [-0.3, -0.25) is 0 Å². The molecule has 0 saturated carbocycles. The fourth-order valence-electron chi connectivity index (χ4n) is 7.18. The van der Waals surface area contributed by atoms with E-state index in [2.05, 4.69) is 157 Å². The lowest BCUT2D eigenvalue weighted by atomic mass is 10.00. The third-order valence-electron chi connectivity index (χ3n) is 9.68. The van der Waals surface area contributed by atoms with Crippen LogP contribution in [0.4, 0.5) is 17.1 Å². The maximum absolute atomic E-state index is 6.52. The van der Waals surface area contributed by atoms with Crippen molar-refractivity contribution in [2.45, 2.75) is 0 Å². The van der Waals surface area contributed by atoms with Crippen LogP contribution >= 0.6 is 11.3 Å². The van der Waals surface area contributed by atoms with Gasteiger partial charge < -0.3 is 9.32 Å². The number of benzene rings is 8. The number of aromatic nitrogens is 1. The molecule has 0 aliphatic heterocycles. The molecule has 0 bridgehead atoms. The number of oxazole rings is 1. The predicted molar refractivity (Wildman–Crippen MR) is 215 cm³/mol. The quantitative estimate of drug-likeness (QED) is 0.176. The van der Waals surface area contributed by atoms with Gasteiger partial charge in [-0.1, -0.05) is 115 Å². The minimum absolute atomic E-state index is 0.639. The third-order valence-corrected chi connectivity index (χ3v) is 10.9. The van der Waals surface area contributed by atoms with Crippen molar-refractivity contribution in [3.05, 3.63) is 182 Å². The standard InChI is InChI=1S/C47H30N2OS/c1-3-12-34(13-4-1)47-48-42-30-41(46-44(45(42)50-47)40-17-9-10-18-43(40)51-46)33-23-27-39(28-24-33)49(37-15-5-2-6-16-37)38-25-21-32(22-26-38)36-20-19-31-11-7-8-14-35(31)29-36/h1-30H. The summed E-state index contributed by atoms with van der Waals surface area (Å²) in [6, 6.07) is 64.5. The summed E-state index contributed by atoms with van der Waals surface area (Å²) in [6.45, 7) is 0. The first-order valence-electron chi connectivity index (χ1n) is 17.1. The lowest BCUT2D eigenvalue weighted by Crippen LogP contribution is -2.09. The third kappa shape index (κ3) is 5.16. The fourth-order valence-corrected chi connectivity index (χ4v) is 8.41. The molecule has 0 aliphatic rings. The Morgan fingerprint density at radius 2 is 1.08 bits per heavy atom. The molecule has 0 spiro atoms. The minimum atomic E-state index is 0.639. The minimum Gasteiger partial charge on any atom is -0.435 e. The van der Waals surface area contributed by atoms with Crippen LogP contribution in [0.3, 0.4) is 0 Å². The lowest BCUT2D eigenvalue weighted by molar-refractivity contribution is 0.623. The molecule has 0 atom stereocenters. The molecule has 0 N–H and O–H groups in total. The lowest BCUT2D eigenvalue weighted by Gasteiger charge is -2.26. The summed E-state index contributed by atoms with van der Waals surface area (Å²) < 4.78 is 8.96. The van der Waals surface area contributed by atoms with Crippen molar-refractivity contribution in [2.24, 2.45) is 0 Å². The average molecular weight is 671 g/mol. The van der Waals surface area contributed by atoms with Gasteiger partial charge >= 0.3 is 0 Å². The van der Waals surface area contributed by atoms with E-state index >= 15 is 0 Å². The van der Waals surface area contributed by atoms with E-state index < -0.39 is 0 Å². The van der Waals surface area contributed by atoms with Crippen molar-refractivity contribution in [3.63, 3.8) is 0 Å². The van der Waals surface area contributed by atoms with Crippen LogP contribution in [0.1, 0.15) is 0 Å². The van der Waals surface area contributed by atoms with Crippen molar-refractivity contribution in [1.29, 1.82) is 0 Å². The van der Waals surface area contributed by atoms with Gasteiger partial charge in [-0.15, -0.1) is 11.3 Å². The monoisotopic (exact) mass is 670 g/mol. The SMILES string of the molecule is c1ccc(-c2nc3cc(-c4ccc(N(c5ccccc5)c5ccc(-c6ccc7ccccc7c6)cc5)cc4)c4sc5ccccc5c4c3o2)cc1. The van der Waals surface area contributed by atoms with E-state index in [0.29, 0.717) is 5.89 Å². The average Bonchev–Trinajstić information content (AvgIpc) is 3.81. The van der Waals surface area contributed by atoms with E-state index in [4.69, 9.17) is 9.40 Å². The first-order valence-corrected chi connectivity index (χ1v) is 17.9. The zero-order valence-electron chi connectivity index (χ0n) is 27.5. The maximum atomic E-state index is 6.52. The molecule has 2 aromatic heterocycles. The Balaban J connectivity index is 1.07. The highest BCUT2D eigenvalue weighted by molar-refractivity contribution is 7.26. The second-order valence-corrected chi connectivity index (χ2v) is 13.8. The molecule has 0 unspecified atom stereocenters. The molecule has 0 radical (unpaired) electrons. The second-order valence-electron chi connectivity index (χ2n) is 12.8. The predicted octanol–water partition coefficient (Wildman–Crippen LogP) is 13.8. The summed E-state index contributed by atoms with van der Waals surface area (Å²) in [7, 11) is 0. The molecule has 3 nitrogen and oxygen atoms in total. The van der Waals surface area contributed by atoms with E-state index in [9.17, 15) is 0 Å². The number of thiophene rings is 1. The van der Waals surface area contributed by atoms with Gasteiger partial charge in [0.05, 0.1) is 0 Å². The van der Waals surface area contributed by atoms with Gasteiger partial charge in [-0.25, -0.2) is 4.98 Å². The summed E-state index contributed by atoms with van der Waals surface area (Å²) in [4.78, 5) is 7.32. The number of hydrogen-bond donors (Lipinski definition) is 0. The zero-order valence-corrected chi connectivity index (χ0v) is 28.3. The van der Waals surface area contributed by atoms with Crippen LogP contribution < -0.4 is 4.90 Å². The van der Waals surface area contributed by atoms with E-state index in [1.165, 1.54) is 36.7 Å². The molecule has 8 aromatic carbocycles. The molecule has 0 saturated heterocycles. The number of anilines is 3. The van der Waals surface area contributed by atoms with Crippen molar-refractivity contribution in [1.82, 2.24) is 4.98 Å². The molecule has 51 heavy (non-hydrogen) atoms. The Kier molecular flexibility index (Phi) is 7.00. The highest BCUT2D eigenvalue weighted by Crippen LogP contribution is 2.46. The molecular weight excluding hydrogens is 641 g/mol. The number of hydrogen-bond acceptors (Lipinski definition) is 4. The maximum Gasteiger partial charge on any atom is 0.227 e. The number of rotatable bonds is 6. The summed E-state index contributed by atoms with van der Waals surface area (Å²) in [5, 5.41) is 4.82. The Morgan fingerprint density at radius 1 is 0.471 bits per heavy atom. The smallest absolute Gasteiger partial charge is 0.227 e. The van der Waals surface area contributed by atoms with Crippen LogP contribution in [0.5, 0.6) is 0 Å². The van der Waals surface area contributed by atoms with Gasteiger partial charge in [0.1, 0.15) is 5.52 Å². The van der Waals surface area contributed by atoms with Crippen LogP contribution in [-0.4, -0.2) is 4.98 Å². The van der Waals surface area contributed by atoms with Crippen LogP contribution in [-0.2, 0) is 0 Å². The normalized spacial score (nSPS) is 11.5. The summed E-state index contributed by atoms with van der Waals surface area (Å²) in [6.07, 6.45) is 0. The molecule has 10 rings (SSSR count). The molecule has 10 aromatic rings. The molecule has 4 heteroatoms. The molecule has 2 heterocycles. The van der Waals surface area contributed by atoms with Gasteiger partial charge in [-0.2, -0.15) is 0 Å². The Hall–Kier alpha value is -6.49. The Labute approximate surface area is 299 Å². The molecule has 0 fully saturated rings. The zero-order chi connectivity index (χ0) is 33.7. The molecule has 240 valence electrons. The van der Waals surface area contributed by atoms with Gasteiger partial charge in [0.25, 0.3) is 0 Å². The molecule has 0 aliphatic carbocycles.